The molecule has 4 rings (SSSR count). The Morgan fingerprint density at radius 3 is 2.91 bits per heavy atom. The highest BCUT2D eigenvalue weighted by Crippen LogP contribution is 2.24. The summed E-state index contributed by atoms with van der Waals surface area (Å²) in [6, 6.07) is 4.52. The van der Waals surface area contributed by atoms with Crippen molar-refractivity contribution in [1.29, 1.82) is 0 Å². The molecule has 7 heteroatoms. The molecule has 7 nitrogen and oxygen atoms in total. The highest BCUT2D eigenvalue weighted by atomic mass is 16.5. The first kappa shape index (κ1) is 14.6. The van der Waals surface area contributed by atoms with Crippen LogP contribution < -0.4 is 5.32 Å². The number of aromatic nitrogens is 3. The Kier molecular flexibility index (Phi) is 3.97. The second kappa shape index (κ2) is 6.25. The number of nitrogens with zero attached hydrogens (tertiary/aromatic N) is 4. The molecule has 1 N–H and O–H groups in total. The molecule has 4 heterocycles. The predicted octanol–water partition coefficient (Wildman–Crippen LogP) is 1.72. The quantitative estimate of drug-likeness (QED) is 0.920. The van der Waals surface area contributed by atoms with Crippen LogP contribution in [0.4, 0.5) is 5.82 Å². The highest BCUT2D eigenvalue weighted by molar-refractivity contribution is 5.58. The van der Waals surface area contributed by atoms with Crippen LogP contribution in [0, 0.1) is 6.92 Å². The van der Waals surface area contributed by atoms with Crippen molar-refractivity contribution in [2.24, 2.45) is 0 Å². The number of anilines is 1. The molecule has 2 fully saturated rings. The number of aryl methyl sites for hydroxylation is 1. The minimum absolute atomic E-state index is 0.264. The van der Waals surface area contributed by atoms with Gasteiger partial charge in [-0.25, -0.2) is 4.98 Å². The van der Waals surface area contributed by atoms with Gasteiger partial charge in [-0.15, -0.1) is 0 Å². The Morgan fingerprint density at radius 1 is 1.26 bits per heavy atom. The van der Waals surface area contributed by atoms with Gasteiger partial charge in [0.15, 0.2) is 5.82 Å². The van der Waals surface area contributed by atoms with Crippen LogP contribution in [0.5, 0.6) is 0 Å². The molecule has 0 bridgehead atoms. The summed E-state index contributed by atoms with van der Waals surface area (Å²) in [6.07, 6.45) is 4.33. The zero-order valence-electron chi connectivity index (χ0n) is 13.2. The van der Waals surface area contributed by atoms with Crippen LogP contribution in [-0.4, -0.2) is 58.4 Å². The number of rotatable bonds is 4. The summed E-state index contributed by atoms with van der Waals surface area (Å²) < 4.78 is 10.9. The van der Waals surface area contributed by atoms with E-state index >= 15 is 0 Å². The maximum atomic E-state index is 5.70. The summed E-state index contributed by atoms with van der Waals surface area (Å²) in [5.74, 6) is 1.97. The molecule has 2 atom stereocenters. The van der Waals surface area contributed by atoms with Crippen LogP contribution in [0.1, 0.15) is 18.7 Å². The molecule has 0 amide bonds. The van der Waals surface area contributed by atoms with Crippen molar-refractivity contribution in [3.05, 3.63) is 24.2 Å². The fraction of sp³-hybridized carbons (Fsp3) is 0.562. The van der Waals surface area contributed by atoms with Crippen LogP contribution in [0.25, 0.3) is 11.5 Å². The number of hydrogen-bond acceptors (Lipinski definition) is 7. The standard InChI is InChI=1S/C16H21N5O2/c1-11-18-16(23-20-11)12-4-5-17-15(8-12)19-13-9-22-10-14(13)21-6-2-3-7-21/h4-5,8,13-14H,2-3,6-7,9-10H2,1H3,(H,17,19)/t13-,14-/m0/s1. The van der Waals surface area contributed by atoms with Crippen molar-refractivity contribution in [3.63, 3.8) is 0 Å². The molecule has 2 saturated heterocycles. The minimum atomic E-state index is 0.264. The SMILES string of the molecule is Cc1noc(-c2ccnc(N[C@H]3COC[C@@H]3N3CCCC3)c2)n1. The minimum Gasteiger partial charge on any atom is -0.378 e. The molecule has 2 aliphatic heterocycles. The number of pyridine rings is 1. The van der Waals surface area contributed by atoms with E-state index in [9.17, 15) is 0 Å². The molecule has 0 radical (unpaired) electrons. The van der Waals surface area contributed by atoms with E-state index in [2.05, 4.69) is 25.3 Å². The van der Waals surface area contributed by atoms with Crippen LogP contribution in [0.3, 0.4) is 0 Å². The van der Waals surface area contributed by atoms with E-state index in [0.29, 0.717) is 24.4 Å². The van der Waals surface area contributed by atoms with Gasteiger partial charge >= 0.3 is 0 Å². The molecule has 2 aromatic rings. The average Bonchev–Trinajstić information content (AvgIpc) is 3.28. The van der Waals surface area contributed by atoms with Gasteiger partial charge in [-0.05, 0) is 45.0 Å². The summed E-state index contributed by atoms with van der Waals surface area (Å²) in [4.78, 5) is 11.2. The Labute approximate surface area is 135 Å². The van der Waals surface area contributed by atoms with Crippen LogP contribution >= 0.6 is 0 Å². The fourth-order valence-electron chi connectivity index (χ4n) is 3.36. The molecule has 0 spiro atoms. The first-order valence-electron chi connectivity index (χ1n) is 8.15. The molecule has 0 aromatic carbocycles. The van der Waals surface area contributed by atoms with E-state index in [1.165, 1.54) is 25.9 Å². The number of likely N-dealkylation sites (tertiary alicyclic amines) is 1. The highest BCUT2D eigenvalue weighted by Gasteiger charge is 2.34. The van der Waals surface area contributed by atoms with Crippen molar-refractivity contribution < 1.29 is 9.26 Å². The first-order chi connectivity index (χ1) is 11.3. The summed E-state index contributed by atoms with van der Waals surface area (Å²) >= 11 is 0. The Hall–Kier alpha value is -1.99. The van der Waals surface area contributed by atoms with E-state index < -0.39 is 0 Å². The van der Waals surface area contributed by atoms with E-state index in [-0.39, 0.29) is 6.04 Å². The number of hydrogen-bond donors (Lipinski definition) is 1. The van der Waals surface area contributed by atoms with Crippen molar-refractivity contribution >= 4 is 5.82 Å². The maximum absolute atomic E-state index is 5.70. The van der Waals surface area contributed by atoms with Gasteiger partial charge in [0.1, 0.15) is 5.82 Å². The van der Waals surface area contributed by atoms with Crippen molar-refractivity contribution in [2.45, 2.75) is 31.8 Å². The molecular formula is C16H21N5O2. The Bertz CT molecular complexity index is 668. The first-order valence-corrected chi connectivity index (χ1v) is 8.15. The molecule has 0 aliphatic carbocycles. The molecule has 122 valence electrons. The lowest BCUT2D eigenvalue weighted by atomic mass is 10.1. The van der Waals surface area contributed by atoms with Crippen molar-refractivity contribution in [2.75, 3.05) is 31.6 Å². The average molecular weight is 315 g/mol. The summed E-state index contributed by atoms with van der Waals surface area (Å²) in [6.45, 7) is 5.65. The third kappa shape index (κ3) is 3.07. The van der Waals surface area contributed by atoms with E-state index in [4.69, 9.17) is 9.26 Å². The van der Waals surface area contributed by atoms with E-state index in [1.807, 2.05) is 19.1 Å². The molecule has 23 heavy (non-hydrogen) atoms. The monoisotopic (exact) mass is 315 g/mol. The predicted molar refractivity (Wildman–Crippen MR) is 85.1 cm³/mol. The van der Waals surface area contributed by atoms with Crippen molar-refractivity contribution in [3.8, 4) is 11.5 Å². The van der Waals surface area contributed by atoms with Gasteiger partial charge in [0.2, 0.25) is 0 Å². The van der Waals surface area contributed by atoms with Gasteiger partial charge in [-0.1, -0.05) is 5.16 Å². The van der Waals surface area contributed by atoms with Gasteiger partial charge in [-0.2, -0.15) is 4.98 Å². The van der Waals surface area contributed by atoms with Crippen molar-refractivity contribution in [1.82, 2.24) is 20.0 Å². The molecule has 2 aliphatic rings. The molecule has 0 unspecified atom stereocenters. The van der Waals surface area contributed by atoms with Crippen LogP contribution in [-0.2, 0) is 4.74 Å². The second-order valence-electron chi connectivity index (χ2n) is 6.18. The van der Waals surface area contributed by atoms with Gasteiger partial charge in [0.05, 0.1) is 25.3 Å². The molecule has 2 aromatic heterocycles. The van der Waals surface area contributed by atoms with Crippen LogP contribution in [0.15, 0.2) is 22.9 Å². The Morgan fingerprint density at radius 2 is 2.13 bits per heavy atom. The van der Waals surface area contributed by atoms with Gasteiger partial charge in [0, 0.05) is 11.8 Å². The molecular weight excluding hydrogens is 294 g/mol. The fourth-order valence-corrected chi connectivity index (χ4v) is 3.36. The number of ether oxygens (including phenoxy) is 1. The normalized spacial score (nSPS) is 25.1. The number of nitrogens with one attached hydrogen (secondary N) is 1. The lowest BCUT2D eigenvalue weighted by Gasteiger charge is -2.28. The maximum Gasteiger partial charge on any atom is 0.258 e. The largest absolute Gasteiger partial charge is 0.378 e. The summed E-state index contributed by atoms with van der Waals surface area (Å²) in [7, 11) is 0. The smallest absolute Gasteiger partial charge is 0.258 e. The van der Waals surface area contributed by atoms with Gasteiger partial charge < -0.3 is 14.6 Å². The lowest BCUT2D eigenvalue weighted by Crippen LogP contribution is -2.45. The van der Waals surface area contributed by atoms with Gasteiger partial charge in [-0.3, -0.25) is 4.90 Å². The Balaban J connectivity index is 1.50. The topological polar surface area (TPSA) is 76.3 Å². The van der Waals surface area contributed by atoms with E-state index in [1.54, 1.807) is 6.20 Å². The second-order valence-corrected chi connectivity index (χ2v) is 6.18. The third-order valence-corrected chi connectivity index (χ3v) is 4.53. The molecule has 0 saturated carbocycles. The zero-order valence-corrected chi connectivity index (χ0v) is 13.2. The van der Waals surface area contributed by atoms with Crippen LogP contribution in [0.2, 0.25) is 0 Å². The summed E-state index contributed by atoms with van der Waals surface area (Å²) in [5, 5.41) is 7.35. The summed E-state index contributed by atoms with van der Waals surface area (Å²) in [5.41, 5.74) is 0.875. The lowest BCUT2D eigenvalue weighted by molar-refractivity contribution is 0.159. The van der Waals surface area contributed by atoms with E-state index in [0.717, 1.165) is 18.0 Å². The third-order valence-electron chi connectivity index (χ3n) is 4.53. The zero-order chi connectivity index (χ0) is 15.6. The van der Waals surface area contributed by atoms with Gasteiger partial charge in [0.25, 0.3) is 5.89 Å².